The smallest absolute Gasteiger partial charge is 0.230 e. The number of carbonyl (C=O) groups is 2. The zero-order valence-corrected chi connectivity index (χ0v) is 8.82. The van der Waals surface area contributed by atoms with Gasteiger partial charge in [-0.15, -0.1) is 0 Å². The monoisotopic (exact) mass is 208 g/mol. The van der Waals surface area contributed by atoms with Crippen molar-refractivity contribution < 1.29 is 9.59 Å². The van der Waals surface area contributed by atoms with Crippen molar-refractivity contribution in [2.45, 2.75) is 25.7 Å². The Kier molecular flexibility index (Phi) is 3.16. The van der Waals surface area contributed by atoms with Gasteiger partial charge < -0.3 is 0 Å². The largest absolute Gasteiger partial charge is 0.282 e. The number of piperidine rings is 1. The molecule has 2 rings (SSSR count). The minimum atomic E-state index is -0.0131. The van der Waals surface area contributed by atoms with E-state index in [-0.39, 0.29) is 11.8 Å². The highest BCUT2D eigenvalue weighted by Gasteiger charge is 2.27. The first kappa shape index (κ1) is 10.4. The Hall–Kier alpha value is -1.16. The minimum absolute atomic E-state index is 0.0131. The van der Waals surface area contributed by atoms with E-state index >= 15 is 0 Å². The molecule has 4 heteroatoms. The van der Waals surface area contributed by atoms with E-state index in [1.54, 1.807) is 0 Å². The van der Waals surface area contributed by atoms with Crippen LogP contribution in [0, 0.1) is 0 Å². The summed E-state index contributed by atoms with van der Waals surface area (Å²) in [6, 6.07) is 0. The van der Waals surface area contributed by atoms with Crippen molar-refractivity contribution >= 4 is 11.8 Å². The van der Waals surface area contributed by atoms with Gasteiger partial charge in [0.2, 0.25) is 11.8 Å². The van der Waals surface area contributed by atoms with Crippen LogP contribution in [0.5, 0.6) is 0 Å². The Labute approximate surface area is 89.5 Å². The van der Waals surface area contributed by atoms with Gasteiger partial charge in [-0.25, -0.2) is 0 Å². The molecule has 0 N–H and O–H groups in total. The average Bonchev–Trinajstić information content (AvgIpc) is 2.25. The summed E-state index contributed by atoms with van der Waals surface area (Å²) in [4.78, 5) is 26.6. The van der Waals surface area contributed by atoms with Gasteiger partial charge in [0, 0.05) is 25.9 Å². The second-order valence-corrected chi connectivity index (χ2v) is 4.05. The summed E-state index contributed by atoms with van der Waals surface area (Å²) in [7, 11) is 0. The predicted molar refractivity (Wildman–Crippen MR) is 55.9 cm³/mol. The molecule has 0 atom stereocenters. The van der Waals surface area contributed by atoms with Gasteiger partial charge in [0.1, 0.15) is 0 Å². The molecule has 82 valence electrons. The number of rotatable bonds is 2. The first-order chi connectivity index (χ1) is 7.27. The quantitative estimate of drug-likeness (QED) is 0.496. The second-order valence-electron chi connectivity index (χ2n) is 4.05. The number of hydrogen-bond acceptors (Lipinski definition) is 3. The fourth-order valence-electron chi connectivity index (χ4n) is 1.98. The van der Waals surface area contributed by atoms with E-state index < -0.39 is 0 Å². The molecule has 0 bridgehead atoms. The molecule has 2 amide bonds. The second kappa shape index (κ2) is 4.57. The third kappa shape index (κ3) is 2.45. The van der Waals surface area contributed by atoms with Crippen LogP contribution < -0.4 is 0 Å². The minimum Gasteiger partial charge on any atom is -0.282 e. The molecule has 0 aromatic heterocycles. The van der Waals surface area contributed by atoms with Crippen molar-refractivity contribution in [2.24, 2.45) is 0 Å². The molecule has 0 unspecified atom stereocenters. The Morgan fingerprint density at radius 1 is 1.13 bits per heavy atom. The molecule has 2 aliphatic heterocycles. The molecule has 2 aliphatic rings. The lowest BCUT2D eigenvalue weighted by atomic mass is 10.1. The molecular weight excluding hydrogens is 192 g/mol. The highest BCUT2D eigenvalue weighted by Crippen LogP contribution is 2.13. The van der Waals surface area contributed by atoms with Gasteiger partial charge in [0.15, 0.2) is 0 Å². The number of likely N-dealkylation sites (tertiary alicyclic amines) is 1. The van der Waals surface area contributed by atoms with Crippen molar-refractivity contribution in [1.29, 1.82) is 0 Å². The Bertz CT molecular complexity index is 283. The summed E-state index contributed by atoms with van der Waals surface area (Å²) in [6.07, 6.45) is 6.99. The number of hydrogen-bond donors (Lipinski definition) is 0. The van der Waals surface area contributed by atoms with Crippen LogP contribution >= 0.6 is 0 Å². The molecule has 15 heavy (non-hydrogen) atoms. The predicted octanol–water partition coefficient (Wildman–Crippen LogP) is 0.745. The van der Waals surface area contributed by atoms with E-state index in [9.17, 15) is 9.59 Å². The van der Waals surface area contributed by atoms with Gasteiger partial charge >= 0.3 is 0 Å². The van der Waals surface area contributed by atoms with Crippen molar-refractivity contribution in [3.63, 3.8) is 0 Å². The molecule has 1 fully saturated rings. The SMILES string of the molecule is O=C1CCCC(=O)N1CN1CC=CCC1. The van der Waals surface area contributed by atoms with E-state index in [0.717, 1.165) is 19.5 Å². The first-order valence-electron chi connectivity index (χ1n) is 5.48. The lowest BCUT2D eigenvalue weighted by Gasteiger charge is -2.31. The topological polar surface area (TPSA) is 40.6 Å². The number of amides is 2. The molecule has 0 spiro atoms. The standard InChI is InChI=1S/C11H16N2O2/c14-10-5-4-6-11(15)13(10)9-12-7-2-1-3-8-12/h1-2H,3-9H2. The first-order valence-corrected chi connectivity index (χ1v) is 5.48. The van der Waals surface area contributed by atoms with Crippen LogP contribution in [0.2, 0.25) is 0 Å². The van der Waals surface area contributed by atoms with Crippen LogP contribution in [-0.2, 0) is 9.59 Å². The normalized spacial score (nSPS) is 23.6. The molecular formula is C11H16N2O2. The van der Waals surface area contributed by atoms with E-state index in [1.165, 1.54) is 4.90 Å². The van der Waals surface area contributed by atoms with Crippen LogP contribution in [0.1, 0.15) is 25.7 Å². The van der Waals surface area contributed by atoms with Crippen molar-refractivity contribution in [1.82, 2.24) is 9.80 Å². The van der Waals surface area contributed by atoms with E-state index in [4.69, 9.17) is 0 Å². The lowest BCUT2D eigenvalue weighted by molar-refractivity contribution is -0.150. The lowest BCUT2D eigenvalue weighted by Crippen LogP contribution is -2.47. The summed E-state index contributed by atoms with van der Waals surface area (Å²) >= 11 is 0. The van der Waals surface area contributed by atoms with Gasteiger partial charge in [0.05, 0.1) is 6.67 Å². The molecule has 0 aliphatic carbocycles. The van der Waals surface area contributed by atoms with E-state index in [1.807, 2.05) is 0 Å². The maximum atomic E-state index is 11.5. The number of imide groups is 1. The molecule has 0 saturated carbocycles. The van der Waals surface area contributed by atoms with Gasteiger partial charge in [-0.05, 0) is 12.8 Å². The maximum absolute atomic E-state index is 11.5. The van der Waals surface area contributed by atoms with Crippen molar-refractivity contribution in [3.05, 3.63) is 12.2 Å². The van der Waals surface area contributed by atoms with Gasteiger partial charge in [-0.1, -0.05) is 12.2 Å². The fraction of sp³-hybridized carbons (Fsp3) is 0.636. The third-order valence-electron chi connectivity index (χ3n) is 2.87. The Balaban J connectivity index is 1.93. The van der Waals surface area contributed by atoms with E-state index in [2.05, 4.69) is 17.1 Å². The summed E-state index contributed by atoms with van der Waals surface area (Å²) in [5.74, 6) is -0.0263. The average molecular weight is 208 g/mol. The maximum Gasteiger partial charge on any atom is 0.230 e. The molecule has 0 aromatic carbocycles. The van der Waals surface area contributed by atoms with E-state index in [0.29, 0.717) is 25.9 Å². The van der Waals surface area contributed by atoms with Crippen molar-refractivity contribution in [3.8, 4) is 0 Å². The molecule has 1 saturated heterocycles. The third-order valence-corrected chi connectivity index (χ3v) is 2.87. The highest BCUT2D eigenvalue weighted by molar-refractivity contribution is 5.97. The van der Waals surface area contributed by atoms with Crippen LogP contribution in [0.3, 0.4) is 0 Å². The Morgan fingerprint density at radius 3 is 2.47 bits per heavy atom. The summed E-state index contributed by atoms with van der Waals surface area (Å²) < 4.78 is 0. The van der Waals surface area contributed by atoms with Gasteiger partial charge in [0.25, 0.3) is 0 Å². The zero-order valence-electron chi connectivity index (χ0n) is 8.82. The number of carbonyl (C=O) groups excluding carboxylic acids is 2. The summed E-state index contributed by atoms with van der Waals surface area (Å²) in [5.41, 5.74) is 0. The highest BCUT2D eigenvalue weighted by atomic mass is 16.2. The summed E-state index contributed by atoms with van der Waals surface area (Å²) in [6.45, 7) is 2.26. The van der Waals surface area contributed by atoms with Crippen LogP contribution in [-0.4, -0.2) is 41.4 Å². The van der Waals surface area contributed by atoms with Gasteiger partial charge in [-0.3, -0.25) is 19.4 Å². The van der Waals surface area contributed by atoms with Gasteiger partial charge in [-0.2, -0.15) is 0 Å². The molecule has 0 aromatic rings. The van der Waals surface area contributed by atoms with Crippen LogP contribution in [0.4, 0.5) is 0 Å². The van der Waals surface area contributed by atoms with Crippen LogP contribution in [0.25, 0.3) is 0 Å². The Morgan fingerprint density at radius 2 is 1.87 bits per heavy atom. The summed E-state index contributed by atoms with van der Waals surface area (Å²) in [5, 5.41) is 0. The number of nitrogens with zero attached hydrogens (tertiary/aromatic N) is 2. The fourth-order valence-corrected chi connectivity index (χ4v) is 1.98. The molecule has 4 nitrogen and oxygen atoms in total. The van der Waals surface area contributed by atoms with Crippen LogP contribution in [0.15, 0.2) is 12.2 Å². The molecule has 0 radical (unpaired) electrons. The molecule has 2 heterocycles. The zero-order chi connectivity index (χ0) is 10.7. The van der Waals surface area contributed by atoms with Crippen molar-refractivity contribution in [2.75, 3.05) is 19.8 Å².